The van der Waals surface area contributed by atoms with Crippen LogP contribution in [0.2, 0.25) is 0 Å². The maximum atomic E-state index is 4.62. The van der Waals surface area contributed by atoms with Crippen molar-refractivity contribution in [3.63, 3.8) is 0 Å². The number of hydrogen-bond acceptors (Lipinski definition) is 3. The molecule has 2 N–H and O–H groups in total. The highest BCUT2D eigenvalue weighted by Crippen LogP contribution is 2.26. The van der Waals surface area contributed by atoms with Gasteiger partial charge in [0.2, 0.25) is 0 Å². The molecule has 20 heavy (non-hydrogen) atoms. The largest absolute Gasteiger partial charge is 0.341 e. The summed E-state index contributed by atoms with van der Waals surface area (Å²) in [4.78, 5) is 10.6. The van der Waals surface area contributed by atoms with Crippen LogP contribution in [0.4, 0.5) is 0 Å². The Morgan fingerprint density at radius 2 is 2.20 bits per heavy atom. The molecular weight excluding hydrogens is 334 g/mol. The predicted octanol–water partition coefficient (Wildman–Crippen LogP) is 4.55. The number of para-hydroxylation sites is 2. The smallest absolute Gasteiger partial charge is 0.124 e. The lowest BCUT2D eigenvalue weighted by Crippen LogP contribution is -2.18. The Morgan fingerprint density at radius 1 is 1.40 bits per heavy atom. The number of rotatable bonds is 4. The molecule has 0 saturated heterocycles. The van der Waals surface area contributed by atoms with Gasteiger partial charge in [-0.15, -0.1) is 11.3 Å². The summed E-state index contributed by atoms with van der Waals surface area (Å²) in [5.74, 6) is 0.985. The van der Waals surface area contributed by atoms with Gasteiger partial charge in [0.05, 0.1) is 17.1 Å². The molecule has 1 aromatic carbocycles. The quantitative estimate of drug-likeness (QED) is 0.725. The molecule has 0 radical (unpaired) electrons. The minimum Gasteiger partial charge on any atom is -0.341 e. The van der Waals surface area contributed by atoms with E-state index in [2.05, 4.69) is 57.2 Å². The van der Waals surface area contributed by atoms with E-state index in [0.29, 0.717) is 0 Å². The lowest BCUT2D eigenvalue weighted by atomic mass is 10.3. The zero-order chi connectivity index (χ0) is 14.1. The standard InChI is InChI=1S/C15H16BrN3S/c1-9(17-8-11-7-12(16)10(2)20-11)15-18-13-5-3-4-6-14(13)19-15/h3-7,9,17H,8H2,1-2H3,(H,18,19). The van der Waals surface area contributed by atoms with Crippen molar-refractivity contribution in [3.8, 4) is 0 Å². The first kappa shape index (κ1) is 13.8. The Kier molecular flexibility index (Phi) is 3.92. The molecule has 2 heterocycles. The second kappa shape index (κ2) is 5.68. The first-order chi connectivity index (χ1) is 9.63. The highest BCUT2D eigenvalue weighted by atomic mass is 79.9. The second-order valence-electron chi connectivity index (χ2n) is 4.86. The minimum absolute atomic E-state index is 0.198. The van der Waals surface area contributed by atoms with Crippen LogP contribution in [-0.4, -0.2) is 9.97 Å². The summed E-state index contributed by atoms with van der Waals surface area (Å²) in [6, 6.07) is 10.5. The maximum Gasteiger partial charge on any atom is 0.124 e. The SMILES string of the molecule is Cc1sc(CNC(C)c2nc3ccccc3[nH]2)cc1Br. The molecule has 1 atom stereocenters. The average Bonchev–Trinajstić information content (AvgIpc) is 3.00. The van der Waals surface area contributed by atoms with Crippen molar-refractivity contribution >= 4 is 38.3 Å². The number of aromatic amines is 1. The summed E-state index contributed by atoms with van der Waals surface area (Å²) >= 11 is 5.37. The molecule has 5 heteroatoms. The number of aryl methyl sites for hydroxylation is 1. The Bertz CT molecular complexity index is 679. The van der Waals surface area contributed by atoms with Gasteiger partial charge in [-0.3, -0.25) is 0 Å². The van der Waals surface area contributed by atoms with Crippen molar-refractivity contribution in [3.05, 3.63) is 50.4 Å². The Labute approximate surface area is 130 Å². The number of nitrogens with one attached hydrogen (secondary N) is 2. The number of imidazole rings is 1. The van der Waals surface area contributed by atoms with Gasteiger partial charge >= 0.3 is 0 Å². The monoisotopic (exact) mass is 349 g/mol. The highest BCUT2D eigenvalue weighted by Gasteiger charge is 2.11. The molecule has 3 nitrogen and oxygen atoms in total. The second-order valence-corrected chi connectivity index (χ2v) is 7.05. The number of H-pyrrole nitrogens is 1. The van der Waals surface area contributed by atoms with Crippen LogP contribution in [0.3, 0.4) is 0 Å². The summed E-state index contributed by atoms with van der Waals surface area (Å²) in [5.41, 5.74) is 2.11. The number of fused-ring (bicyclic) bond motifs is 1. The Balaban J connectivity index is 1.70. The van der Waals surface area contributed by atoms with Crippen LogP contribution in [0.1, 0.15) is 28.5 Å². The number of halogens is 1. The van der Waals surface area contributed by atoms with Gasteiger partial charge in [0.1, 0.15) is 5.82 Å². The molecule has 0 saturated carbocycles. The fourth-order valence-electron chi connectivity index (χ4n) is 2.13. The minimum atomic E-state index is 0.198. The van der Waals surface area contributed by atoms with Crippen LogP contribution in [0.25, 0.3) is 11.0 Å². The number of aromatic nitrogens is 2. The van der Waals surface area contributed by atoms with Gasteiger partial charge in [0.15, 0.2) is 0 Å². The maximum absolute atomic E-state index is 4.62. The van der Waals surface area contributed by atoms with Crippen LogP contribution in [0.15, 0.2) is 34.8 Å². The summed E-state index contributed by atoms with van der Waals surface area (Å²) in [6.45, 7) is 5.11. The Hall–Kier alpha value is -1.17. The van der Waals surface area contributed by atoms with Gasteiger partial charge in [0.25, 0.3) is 0 Å². The molecular formula is C15H16BrN3S. The van der Waals surface area contributed by atoms with Crippen LogP contribution in [0, 0.1) is 6.92 Å². The van der Waals surface area contributed by atoms with Crippen LogP contribution in [-0.2, 0) is 6.54 Å². The van der Waals surface area contributed by atoms with Gasteiger partial charge < -0.3 is 10.3 Å². The van der Waals surface area contributed by atoms with E-state index in [4.69, 9.17) is 0 Å². The third-order valence-electron chi connectivity index (χ3n) is 3.31. The van der Waals surface area contributed by atoms with E-state index < -0.39 is 0 Å². The van der Waals surface area contributed by atoms with Crippen molar-refractivity contribution in [2.45, 2.75) is 26.4 Å². The van der Waals surface area contributed by atoms with Crippen molar-refractivity contribution in [2.24, 2.45) is 0 Å². The van der Waals surface area contributed by atoms with E-state index >= 15 is 0 Å². The van der Waals surface area contributed by atoms with Gasteiger partial charge in [0, 0.05) is 20.8 Å². The van der Waals surface area contributed by atoms with E-state index in [9.17, 15) is 0 Å². The molecule has 3 rings (SSSR count). The average molecular weight is 350 g/mol. The zero-order valence-electron chi connectivity index (χ0n) is 11.4. The van der Waals surface area contributed by atoms with Gasteiger partial charge in [-0.1, -0.05) is 12.1 Å². The fraction of sp³-hybridized carbons (Fsp3) is 0.267. The van der Waals surface area contributed by atoms with E-state index in [0.717, 1.165) is 23.4 Å². The molecule has 3 aromatic rings. The molecule has 0 aliphatic carbocycles. The van der Waals surface area contributed by atoms with Gasteiger partial charge in [-0.25, -0.2) is 4.98 Å². The summed E-state index contributed by atoms with van der Waals surface area (Å²) in [6.07, 6.45) is 0. The topological polar surface area (TPSA) is 40.7 Å². The molecule has 0 fully saturated rings. The van der Waals surface area contributed by atoms with Crippen LogP contribution >= 0.6 is 27.3 Å². The number of hydrogen-bond donors (Lipinski definition) is 2. The lowest BCUT2D eigenvalue weighted by Gasteiger charge is -2.09. The van der Waals surface area contributed by atoms with Crippen LogP contribution in [0.5, 0.6) is 0 Å². The summed E-state index contributed by atoms with van der Waals surface area (Å²) < 4.78 is 1.19. The van der Waals surface area contributed by atoms with E-state index in [1.165, 1.54) is 14.2 Å². The Morgan fingerprint density at radius 3 is 2.90 bits per heavy atom. The zero-order valence-corrected chi connectivity index (χ0v) is 13.8. The van der Waals surface area contributed by atoms with E-state index in [1.54, 1.807) is 0 Å². The van der Waals surface area contributed by atoms with Crippen molar-refractivity contribution < 1.29 is 0 Å². The highest BCUT2D eigenvalue weighted by molar-refractivity contribution is 9.10. The van der Waals surface area contributed by atoms with E-state index in [-0.39, 0.29) is 6.04 Å². The molecule has 0 aliphatic heterocycles. The van der Waals surface area contributed by atoms with Crippen molar-refractivity contribution in [2.75, 3.05) is 0 Å². The van der Waals surface area contributed by atoms with Gasteiger partial charge in [-0.05, 0) is 48.0 Å². The third-order valence-corrected chi connectivity index (χ3v) is 5.45. The molecule has 104 valence electrons. The first-order valence-electron chi connectivity index (χ1n) is 6.56. The first-order valence-corrected chi connectivity index (χ1v) is 8.17. The third kappa shape index (κ3) is 2.80. The molecule has 0 amide bonds. The molecule has 0 bridgehead atoms. The van der Waals surface area contributed by atoms with Crippen LogP contribution < -0.4 is 5.32 Å². The molecule has 0 aliphatic rings. The lowest BCUT2D eigenvalue weighted by molar-refractivity contribution is 0.556. The number of nitrogens with zero attached hydrogens (tertiary/aromatic N) is 1. The van der Waals surface area contributed by atoms with Gasteiger partial charge in [-0.2, -0.15) is 0 Å². The fourth-order valence-corrected chi connectivity index (χ4v) is 3.69. The molecule has 2 aromatic heterocycles. The van der Waals surface area contributed by atoms with Crippen molar-refractivity contribution in [1.29, 1.82) is 0 Å². The normalized spacial score (nSPS) is 12.9. The predicted molar refractivity (Wildman–Crippen MR) is 88.1 cm³/mol. The molecule has 1 unspecified atom stereocenters. The summed E-state index contributed by atoms with van der Waals surface area (Å²) in [5, 5.41) is 3.51. The molecule has 0 spiro atoms. The van der Waals surface area contributed by atoms with Crippen molar-refractivity contribution in [1.82, 2.24) is 15.3 Å². The number of benzene rings is 1. The number of thiophene rings is 1. The summed E-state index contributed by atoms with van der Waals surface area (Å²) in [7, 11) is 0. The van der Waals surface area contributed by atoms with E-state index in [1.807, 2.05) is 29.5 Å².